The average molecular weight is 349 g/mol. The first-order valence-corrected chi connectivity index (χ1v) is 8.31. The molecule has 8 nitrogen and oxygen atoms in total. The molecule has 1 fully saturated rings. The number of carbonyl (C=O) groups excluding carboxylic acids is 1. The van der Waals surface area contributed by atoms with E-state index in [4.69, 9.17) is 5.11 Å². The van der Waals surface area contributed by atoms with E-state index in [1.165, 1.54) is 6.07 Å². The number of piperidine rings is 1. The van der Waals surface area contributed by atoms with Crippen LogP contribution in [0.25, 0.3) is 0 Å². The first-order valence-electron chi connectivity index (χ1n) is 8.31. The molecule has 1 aliphatic rings. The zero-order valence-corrected chi connectivity index (χ0v) is 14.4. The zero-order valence-electron chi connectivity index (χ0n) is 14.4. The molecule has 0 radical (unpaired) electrons. The molecule has 2 atom stereocenters. The fraction of sp³-hybridized carbons (Fsp3) is 0.529. The van der Waals surface area contributed by atoms with Gasteiger partial charge in [0.05, 0.1) is 11.3 Å². The Morgan fingerprint density at radius 3 is 2.52 bits per heavy atom. The van der Waals surface area contributed by atoms with Gasteiger partial charge in [-0.1, -0.05) is 13.8 Å². The van der Waals surface area contributed by atoms with Crippen molar-refractivity contribution in [3.63, 3.8) is 0 Å². The van der Waals surface area contributed by atoms with E-state index >= 15 is 0 Å². The maximum atomic E-state index is 12.1. The van der Waals surface area contributed by atoms with Crippen LogP contribution in [0.3, 0.4) is 0 Å². The van der Waals surface area contributed by atoms with Crippen molar-refractivity contribution in [2.75, 3.05) is 24.5 Å². The lowest BCUT2D eigenvalue weighted by Gasteiger charge is -2.36. The molecule has 136 valence electrons. The lowest BCUT2D eigenvalue weighted by Crippen LogP contribution is -2.39. The van der Waals surface area contributed by atoms with Crippen LogP contribution < -0.4 is 10.2 Å². The Bertz CT molecular complexity index is 666. The third-order valence-electron chi connectivity index (χ3n) is 4.27. The van der Waals surface area contributed by atoms with Gasteiger partial charge in [-0.15, -0.1) is 0 Å². The summed E-state index contributed by atoms with van der Waals surface area (Å²) in [6.45, 7) is 5.72. The fourth-order valence-corrected chi connectivity index (χ4v) is 3.32. The molecule has 1 aliphatic heterocycles. The molecule has 2 rings (SSSR count). The van der Waals surface area contributed by atoms with Crippen molar-refractivity contribution in [1.29, 1.82) is 0 Å². The van der Waals surface area contributed by atoms with Gasteiger partial charge in [0.15, 0.2) is 0 Å². The van der Waals surface area contributed by atoms with E-state index in [9.17, 15) is 19.7 Å². The number of hydrogen-bond acceptors (Lipinski definition) is 5. The molecule has 1 aromatic rings. The summed E-state index contributed by atoms with van der Waals surface area (Å²) in [5.41, 5.74) is 0.566. The number of hydrogen-bond donors (Lipinski definition) is 2. The molecule has 2 N–H and O–H groups in total. The van der Waals surface area contributed by atoms with Crippen LogP contribution in [0, 0.1) is 22.0 Å². The second-order valence-corrected chi connectivity index (χ2v) is 6.71. The summed E-state index contributed by atoms with van der Waals surface area (Å²) < 4.78 is 0. The van der Waals surface area contributed by atoms with Crippen LogP contribution in [-0.4, -0.2) is 41.5 Å². The van der Waals surface area contributed by atoms with E-state index in [0.717, 1.165) is 19.5 Å². The predicted molar refractivity (Wildman–Crippen MR) is 92.8 cm³/mol. The van der Waals surface area contributed by atoms with Crippen molar-refractivity contribution in [2.45, 2.75) is 26.7 Å². The molecule has 0 saturated carbocycles. The SMILES string of the molecule is CC1CC(C)CN(c2ccc(C(=O)NCCC(=O)O)cc2[N+](=O)[O-])C1. The Kier molecular flexibility index (Phi) is 5.95. The number of carbonyl (C=O) groups is 2. The van der Waals surface area contributed by atoms with Gasteiger partial charge in [0, 0.05) is 31.3 Å². The van der Waals surface area contributed by atoms with Gasteiger partial charge in [0.2, 0.25) is 0 Å². The summed E-state index contributed by atoms with van der Waals surface area (Å²) in [6, 6.07) is 4.41. The average Bonchev–Trinajstić information content (AvgIpc) is 2.52. The smallest absolute Gasteiger partial charge is 0.305 e. The van der Waals surface area contributed by atoms with Crippen LogP contribution in [0.2, 0.25) is 0 Å². The van der Waals surface area contributed by atoms with Crippen molar-refractivity contribution in [3.8, 4) is 0 Å². The third-order valence-corrected chi connectivity index (χ3v) is 4.27. The zero-order chi connectivity index (χ0) is 18.6. The predicted octanol–water partition coefficient (Wildman–Crippen LogP) is 2.28. The maximum Gasteiger partial charge on any atom is 0.305 e. The van der Waals surface area contributed by atoms with Crippen LogP contribution in [0.15, 0.2) is 18.2 Å². The summed E-state index contributed by atoms with van der Waals surface area (Å²) in [6.07, 6.45) is 0.893. The summed E-state index contributed by atoms with van der Waals surface area (Å²) in [4.78, 5) is 35.5. The monoisotopic (exact) mass is 349 g/mol. The van der Waals surface area contributed by atoms with Gasteiger partial charge in [-0.05, 0) is 30.4 Å². The van der Waals surface area contributed by atoms with Crippen molar-refractivity contribution < 1.29 is 19.6 Å². The highest BCUT2D eigenvalue weighted by Crippen LogP contribution is 2.33. The molecule has 0 aliphatic carbocycles. The van der Waals surface area contributed by atoms with Crippen molar-refractivity contribution in [1.82, 2.24) is 5.32 Å². The van der Waals surface area contributed by atoms with Crippen LogP contribution >= 0.6 is 0 Å². The van der Waals surface area contributed by atoms with Gasteiger partial charge in [0.25, 0.3) is 11.6 Å². The Hall–Kier alpha value is -2.64. The number of aliphatic carboxylic acids is 1. The van der Waals surface area contributed by atoms with Gasteiger partial charge in [-0.25, -0.2) is 0 Å². The molecule has 1 aromatic carbocycles. The van der Waals surface area contributed by atoms with Crippen LogP contribution in [-0.2, 0) is 4.79 Å². The van der Waals surface area contributed by atoms with Crippen molar-refractivity contribution in [3.05, 3.63) is 33.9 Å². The Morgan fingerprint density at radius 2 is 1.96 bits per heavy atom. The molecule has 0 bridgehead atoms. The Morgan fingerprint density at radius 1 is 1.32 bits per heavy atom. The van der Waals surface area contributed by atoms with Gasteiger partial charge in [-0.2, -0.15) is 0 Å². The fourth-order valence-electron chi connectivity index (χ4n) is 3.32. The Balaban J connectivity index is 2.21. The number of anilines is 1. The Labute approximate surface area is 146 Å². The molecular formula is C17H23N3O5. The number of rotatable bonds is 6. The van der Waals surface area contributed by atoms with Crippen molar-refractivity contribution >= 4 is 23.3 Å². The van der Waals surface area contributed by atoms with E-state index in [1.54, 1.807) is 12.1 Å². The minimum absolute atomic E-state index is 0.0229. The molecule has 2 unspecified atom stereocenters. The van der Waals surface area contributed by atoms with Crippen molar-refractivity contribution in [2.24, 2.45) is 11.8 Å². The molecule has 1 amide bonds. The van der Waals surface area contributed by atoms with E-state index < -0.39 is 16.8 Å². The topological polar surface area (TPSA) is 113 Å². The first-order chi connectivity index (χ1) is 11.8. The van der Waals surface area contributed by atoms with E-state index in [1.807, 2.05) is 4.90 Å². The first kappa shape index (κ1) is 18.7. The highest BCUT2D eigenvalue weighted by Gasteiger charge is 2.27. The molecule has 0 spiro atoms. The molecule has 1 heterocycles. The number of nitrogens with zero attached hydrogens (tertiary/aromatic N) is 2. The quantitative estimate of drug-likeness (QED) is 0.602. The lowest BCUT2D eigenvalue weighted by atomic mass is 9.91. The van der Waals surface area contributed by atoms with Crippen LogP contribution in [0.5, 0.6) is 0 Å². The molecule has 0 aromatic heterocycles. The maximum absolute atomic E-state index is 12.1. The standard InChI is InChI=1S/C17H23N3O5/c1-11-7-12(2)10-19(9-11)14-4-3-13(8-15(14)20(24)25)17(23)18-6-5-16(21)22/h3-4,8,11-12H,5-7,9-10H2,1-2H3,(H,18,23)(H,21,22). The summed E-state index contributed by atoms with van der Waals surface area (Å²) >= 11 is 0. The minimum Gasteiger partial charge on any atom is -0.481 e. The van der Waals surface area contributed by atoms with Gasteiger partial charge in [-0.3, -0.25) is 19.7 Å². The lowest BCUT2D eigenvalue weighted by molar-refractivity contribution is -0.384. The number of benzene rings is 1. The van der Waals surface area contributed by atoms with E-state index in [0.29, 0.717) is 17.5 Å². The normalized spacial score (nSPS) is 20.2. The number of nitrogens with one attached hydrogen (secondary N) is 1. The number of nitro groups is 1. The highest BCUT2D eigenvalue weighted by molar-refractivity contribution is 5.96. The molecule has 8 heteroatoms. The van der Waals surface area contributed by atoms with Gasteiger partial charge >= 0.3 is 5.97 Å². The van der Waals surface area contributed by atoms with Gasteiger partial charge in [0.1, 0.15) is 5.69 Å². The van der Waals surface area contributed by atoms with Crippen LogP contribution in [0.1, 0.15) is 37.0 Å². The number of carboxylic acid groups (broad SMARTS) is 1. The summed E-state index contributed by atoms with van der Waals surface area (Å²) in [5.74, 6) is -0.643. The second kappa shape index (κ2) is 7.96. The van der Waals surface area contributed by atoms with E-state index in [-0.39, 0.29) is 24.2 Å². The number of carboxylic acids is 1. The molecular weight excluding hydrogens is 326 g/mol. The third kappa shape index (κ3) is 4.91. The minimum atomic E-state index is -1.02. The van der Waals surface area contributed by atoms with Gasteiger partial charge < -0.3 is 15.3 Å². The molecule has 25 heavy (non-hydrogen) atoms. The molecule has 1 saturated heterocycles. The number of nitro benzene ring substituents is 1. The summed E-state index contributed by atoms with van der Waals surface area (Å²) in [7, 11) is 0. The number of amides is 1. The highest BCUT2D eigenvalue weighted by atomic mass is 16.6. The largest absolute Gasteiger partial charge is 0.481 e. The second-order valence-electron chi connectivity index (χ2n) is 6.71. The summed E-state index contributed by atoms with van der Waals surface area (Å²) in [5, 5.41) is 22.5. The van der Waals surface area contributed by atoms with Crippen LogP contribution in [0.4, 0.5) is 11.4 Å². The van der Waals surface area contributed by atoms with E-state index in [2.05, 4.69) is 19.2 Å².